The van der Waals surface area contributed by atoms with E-state index in [1.165, 1.54) is 38.5 Å². The van der Waals surface area contributed by atoms with Crippen LogP contribution in [0, 0.1) is 5.92 Å². The van der Waals surface area contributed by atoms with Gasteiger partial charge in [-0.15, -0.1) is 0 Å². The van der Waals surface area contributed by atoms with Gasteiger partial charge < -0.3 is 10.1 Å². The zero-order valence-electron chi connectivity index (χ0n) is 11.3. The molecule has 0 bridgehead atoms. The number of rotatable bonds is 7. The molecule has 1 fully saturated rings. The summed E-state index contributed by atoms with van der Waals surface area (Å²) >= 11 is 0. The fourth-order valence-corrected chi connectivity index (χ4v) is 2.62. The topological polar surface area (TPSA) is 21.3 Å². The first kappa shape index (κ1) is 14.0. The first-order chi connectivity index (χ1) is 7.76. The first-order valence-corrected chi connectivity index (χ1v) is 7.12. The average molecular weight is 227 g/mol. The van der Waals surface area contributed by atoms with Gasteiger partial charge in [0, 0.05) is 6.54 Å². The summed E-state index contributed by atoms with van der Waals surface area (Å²) in [5.41, 5.74) is 0. The molecule has 0 radical (unpaired) electrons. The Morgan fingerprint density at radius 2 is 2.12 bits per heavy atom. The lowest BCUT2D eigenvalue weighted by molar-refractivity contribution is -0.0410. The van der Waals surface area contributed by atoms with Crippen LogP contribution in [0.1, 0.15) is 59.3 Å². The van der Waals surface area contributed by atoms with E-state index in [9.17, 15) is 0 Å². The van der Waals surface area contributed by atoms with Gasteiger partial charge in [0.15, 0.2) is 0 Å². The minimum absolute atomic E-state index is 0.431. The Kier molecular flexibility index (Phi) is 7.06. The van der Waals surface area contributed by atoms with Gasteiger partial charge in [-0.3, -0.25) is 0 Å². The van der Waals surface area contributed by atoms with E-state index in [2.05, 4.69) is 26.1 Å². The van der Waals surface area contributed by atoms with E-state index in [1.54, 1.807) is 0 Å². The fourth-order valence-electron chi connectivity index (χ4n) is 2.62. The van der Waals surface area contributed by atoms with Crippen LogP contribution in [-0.2, 0) is 4.74 Å². The summed E-state index contributed by atoms with van der Waals surface area (Å²) in [7, 11) is 0. The van der Waals surface area contributed by atoms with E-state index in [1.807, 2.05) is 0 Å². The Morgan fingerprint density at radius 1 is 1.31 bits per heavy atom. The molecule has 1 rings (SSSR count). The van der Waals surface area contributed by atoms with Crippen molar-refractivity contribution in [1.82, 2.24) is 5.32 Å². The van der Waals surface area contributed by atoms with Crippen molar-refractivity contribution in [2.75, 3.05) is 13.1 Å². The zero-order chi connectivity index (χ0) is 11.8. The van der Waals surface area contributed by atoms with Crippen LogP contribution in [0.4, 0.5) is 0 Å². The molecule has 0 saturated heterocycles. The Morgan fingerprint density at radius 3 is 2.75 bits per heavy atom. The van der Waals surface area contributed by atoms with Crippen LogP contribution in [0.25, 0.3) is 0 Å². The van der Waals surface area contributed by atoms with Crippen molar-refractivity contribution in [1.29, 1.82) is 0 Å². The Balaban J connectivity index is 2.28. The number of hydrogen-bond donors (Lipinski definition) is 1. The minimum atomic E-state index is 0.431. The monoisotopic (exact) mass is 227 g/mol. The summed E-state index contributed by atoms with van der Waals surface area (Å²) in [6, 6.07) is 0. The van der Waals surface area contributed by atoms with Crippen LogP contribution >= 0.6 is 0 Å². The van der Waals surface area contributed by atoms with Gasteiger partial charge >= 0.3 is 0 Å². The highest BCUT2D eigenvalue weighted by atomic mass is 16.5. The van der Waals surface area contributed by atoms with Gasteiger partial charge in [-0.25, -0.2) is 0 Å². The third kappa shape index (κ3) is 5.31. The van der Waals surface area contributed by atoms with Gasteiger partial charge in [0.1, 0.15) is 0 Å². The zero-order valence-corrected chi connectivity index (χ0v) is 11.3. The maximum absolute atomic E-state index is 6.24. The number of hydrogen-bond acceptors (Lipinski definition) is 2. The summed E-state index contributed by atoms with van der Waals surface area (Å²) in [4.78, 5) is 0. The molecule has 0 spiro atoms. The second kappa shape index (κ2) is 8.08. The third-order valence-electron chi connectivity index (χ3n) is 3.51. The summed E-state index contributed by atoms with van der Waals surface area (Å²) < 4.78 is 6.24. The molecule has 96 valence electrons. The molecular weight excluding hydrogens is 198 g/mol. The molecule has 0 aromatic rings. The molecule has 0 heterocycles. The predicted molar refractivity (Wildman–Crippen MR) is 69.7 cm³/mol. The molecule has 16 heavy (non-hydrogen) atoms. The molecule has 1 N–H and O–H groups in total. The van der Waals surface area contributed by atoms with Gasteiger partial charge in [-0.2, -0.15) is 0 Å². The average Bonchev–Trinajstić information content (AvgIpc) is 2.26. The van der Waals surface area contributed by atoms with Gasteiger partial charge in [0.05, 0.1) is 12.2 Å². The Labute approximate surface area is 101 Å². The van der Waals surface area contributed by atoms with E-state index in [0.717, 1.165) is 19.0 Å². The maximum atomic E-state index is 6.24. The molecule has 2 nitrogen and oxygen atoms in total. The molecule has 0 aromatic carbocycles. The second-order valence-corrected chi connectivity index (χ2v) is 5.25. The van der Waals surface area contributed by atoms with Crippen molar-refractivity contribution in [2.24, 2.45) is 5.92 Å². The van der Waals surface area contributed by atoms with Gasteiger partial charge in [0.25, 0.3) is 0 Å². The van der Waals surface area contributed by atoms with Crippen molar-refractivity contribution >= 4 is 0 Å². The van der Waals surface area contributed by atoms with Crippen molar-refractivity contribution in [3.63, 3.8) is 0 Å². The molecule has 1 aliphatic carbocycles. The number of nitrogens with one attached hydrogen (secondary N) is 1. The normalized spacial score (nSPS) is 27.9. The van der Waals surface area contributed by atoms with E-state index >= 15 is 0 Å². The SMILES string of the molecule is CCCC(CNCC)OC1CCCC(C)C1. The van der Waals surface area contributed by atoms with Crippen LogP contribution in [0.5, 0.6) is 0 Å². The molecule has 1 saturated carbocycles. The first-order valence-electron chi connectivity index (χ1n) is 7.12. The number of likely N-dealkylation sites (N-methyl/N-ethyl adjacent to an activating group) is 1. The lowest BCUT2D eigenvalue weighted by Gasteiger charge is -2.30. The van der Waals surface area contributed by atoms with Crippen LogP contribution < -0.4 is 5.32 Å². The Hall–Kier alpha value is -0.0800. The summed E-state index contributed by atoms with van der Waals surface area (Å²) in [5, 5.41) is 3.41. The summed E-state index contributed by atoms with van der Waals surface area (Å²) in [6.45, 7) is 8.83. The Bertz CT molecular complexity index is 172. The van der Waals surface area contributed by atoms with E-state index < -0.39 is 0 Å². The van der Waals surface area contributed by atoms with E-state index in [4.69, 9.17) is 4.74 Å². The highest BCUT2D eigenvalue weighted by molar-refractivity contribution is 4.73. The molecule has 0 aromatic heterocycles. The molecule has 1 aliphatic rings. The smallest absolute Gasteiger partial charge is 0.0703 e. The predicted octanol–water partition coefficient (Wildman–Crippen LogP) is 3.36. The van der Waals surface area contributed by atoms with Gasteiger partial charge in [-0.05, 0) is 31.7 Å². The van der Waals surface area contributed by atoms with Gasteiger partial charge in [-0.1, -0.05) is 40.0 Å². The molecule has 0 amide bonds. The fraction of sp³-hybridized carbons (Fsp3) is 1.00. The van der Waals surface area contributed by atoms with Crippen molar-refractivity contribution in [3.8, 4) is 0 Å². The molecule has 2 heteroatoms. The standard InChI is InChI=1S/C14H29NO/c1-4-7-14(11-15-5-2)16-13-9-6-8-12(3)10-13/h12-15H,4-11H2,1-3H3. The van der Waals surface area contributed by atoms with Crippen molar-refractivity contribution in [3.05, 3.63) is 0 Å². The highest BCUT2D eigenvalue weighted by Gasteiger charge is 2.22. The van der Waals surface area contributed by atoms with Crippen LogP contribution in [0.2, 0.25) is 0 Å². The summed E-state index contributed by atoms with van der Waals surface area (Å²) in [5.74, 6) is 0.861. The van der Waals surface area contributed by atoms with Crippen LogP contribution in [0.15, 0.2) is 0 Å². The van der Waals surface area contributed by atoms with Crippen molar-refractivity contribution < 1.29 is 4.74 Å². The quantitative estimate of drug-likeness (QED) is 0.720. The lowest BCUT2D eigenvalue weighted by Crippen LogP contribution is -2.34. The number of ether oxygens (including phenoxy) is 1. The van der Waals surface area contributed by atoms with Crippen molar-refractivity contribution in [2.45, 2.75) is 71.5 Å². The minimum Gasteiger partial charge on any atom is -0.374 e. The lowest BCUT2D eigenvalue weighted by atomic mass is 9.88. The molecular formula is C14H29NO. The highest BCUT2D eigenvalue weighted by Crippen LogP contribution is 2.27. The third-order valence-corrected chi connectivity index (χ3v) is 3.51. The molecule has 3 unspecified atom stereocenters. The molecule has 0 aliphatic heterocycles. The maximum Gasteiger partial charge on any atom is 0.0703 e. The van der Waals surface area contributed by atoms with Crippen LogP contribution in [-0.4, -0.2) is 25.3 Å². The second-order valence-electron chi connectivity index (χ2n) is 5.25. The largest absolute Gasteiger partial charge is 0.374 e. The summed E-state index contributed by atoms with van der Waals surface area (Å²) in [6.07, 6.45) is 8.66. The molecule has 3 atom stereocenters. The van der Waals surface area contributed by atoms with E-state index in [-0.39, 0.29) is 0 Å². The van der Waals surface area contributed by atoms with Crippen LogP contribution in [0.3, 0.4) is 0 Å². The van der Waals surface area contributed by atoms with E-state index in [0.29, 0.717) is 12.2 Å². The van der Waals surface area contributed by atoms with Gasteiger partial charge in [0.2, 0.25) is 0 Å².